The minimum absolute atomic E-state index is 0.166. The number of nitrogens with one attached hydrogen (secondary N) is 1. The predicted molar refractivity (Wildman–Crippen MR) is 74.6 cm³/mol. The number of carbonyl (C=O) groups is 1. The van der Waals surface area contributed by atoms with Gasteiger partial charge in [0.25, 0.3) is 0 Å². The maximum Gasteiger partial charge on any atom is 0.226 e. The van der Waals surface area contributed by atoms with E-state index in [1.54, 1.807) is 0 Å². The van der Waals surface area contributed by atoms with Gasteiger partial charge in [0.05, 0.1) is 17.9 Å². The van der Waals surface area contributed by atoms with E-state index in [2.05, 4.69) is 29.3 Å². The first-order chi connectivity index (χ1) is 8.90. The Labute approximate surface area is 115 Å². The normalized spacial score (nSPS) is 19.4. The highest BCUT2D eigenvalue weighted by Crippen LogP contribution is 2.30. The highest BCUT2D eigenvalue weighted by molar-refractivity contribution is 5.82. The molecule has 1 aliphatic heterocycles. The third-order valence-corrected chi connectivity index (χ3v) is 4.17. The van der Waals surface area contributed by atoms with Crippen molar-refractivity contribution in [2.24, 2.45) is 12.5 Å². The zero-order valence-corrected chi connectivity index (χ0v) is 12.4. The number of rotatable bonds is 3. The quantitative estimate of drug-likeness (QED) is 0.888. The number of likely N-dealkylation sites (tertiary alicyclic amines) is 1. The Morgan fingerprint density at radius 2 is 2.05 bits per heavy atom. The highest BCUT2D eigenvalue weighted by atomic mass is 16.2. The van der Waals surface area contributed by atoms with E-state index >= 15 is 0 Å². The lowest BCUT2D eigenvalue weighted by Crippen LogP contribution is -2.46. The molecule has 1 aromatic rings. The molecule has 1 aromatic heterocycles. The molecule has 5 heteroatoms. The summed E-state index contributed by atoms with van der Waals surface area (Å²) in [4.78, 5) is 14.6. The topological polar surface area (TPSA) is 50.2 Å². The molecule has 5 nitrogen and oxygen atoms in total. The summed E-state index contributed by atoms with van der Waals surface area (Å²) in [6.45, 7) is 6.58. The summed E-state index contributed by atoms with van der Waals surface area (Å²) < 4.78 is 1.83. The van der Waals surface area contributed by atoms with Gasteiger partial charge in [-0.25, -0.2) is 0 Å². The Morgan fingerprint density at radius 1 is 1.42 bits per heavy atom. The Balaban J connectivity index is 1.92. The second-order valence-corrected chi connectivity index (χ2v) is 5.95. The molecule has 1 N–H and O–H groups in total. The fraction of sp³-hybridized carbons (Fsp3) is 0.714. The average molecular weight is 264 g/mol. The van der Waals surface area contributed by atoms with Gasteiger partial charge in [0.2, 0.25) is 5.91 Å². The molecule has 0 aromatic carbocycles. The second-order valence-electron chi connectivity index (χ2n) is 5.95. The van der Waals surface area contributed by atoms with Gasteiger partial charge in [0.1, 0.15) is 0 Å². The molecule has 0 atom stereocenters. The molecule has 0 aliphatic carbocycles. The molecule has 0 saturated carbocycles. The molecule has 1 aliphatic rings. The number of carbonyl (C=O) groups excluding carboxylic acids is 1. The highest BCUT2D eigenvalue weighted by Gasteiger charge is 2.35. The van der Waals surface area contributed by atoms with Crippen LogP contribution in [-0.2, 0) is 18.4 Å². The second kappa shape index (κ2) is 5.33. The fourth-order valence-electron chi connectivity index (χ4n) is 2.55. The summed E-state index contributed by atoms with van der Waals surface area (Å²) in [6.07, 6.45) is 1.86. The van der Waals surface area contributed by atoms with Crippen LogP contribution in [0.4, 0.5) is 0 Å². The fourth-order valence-corrected chi connectivity index (χ4v) is 2.55. The van der Waals surface area contributed by atoms with Gasteiger partial charge in [0, 0.05) is 12.5 Å². The standard InChI is InChI=1S/C14H24N4O/c1-11-9-12(18(4)16-11)10-15-13(19)14(2)5-7-17(3)8-6-14/h9H,5-8,10H2,1-4H3,(H,15,19). The predicted octanol–water partition coefficient (Wildman–Crippen LogP) is 1.08. The van der Waals surface area contributed by atoms with Gasteiger partial charge in [-0.2, -0.15) is 5.10 Å². The first-order valence-corrected chi connectivity index (χ1v) is 6.87. The van der Waals surface area contributed by atoms with Crippen LogP contribution in [0.2, 0.25) is 0 Å². The van der Waals surface area contributed by atoms with Gasteiger partial charge in [-0.1, -0.05) is 6.92 Å². The zero-order chi connectivity index (χ0) is 14.0. The molecule has 106 valence electrons. The van der Waals surface area contributed by atoms with Gasteiger partial charge in [-0.05, 0) is 46.0 Å². The number of piperidine rings is 1. The number of amides is 1. The summed E-state index contributed by atoms with van der Waals surface area (Å²) in [7, 11) is 4.02. The molecule has 2 heterocycles. The molecular formula is C14H24N4O. The van der Waals surface area contributed by atoms with Crippen molar-refractivity contribution in [3.05, 3.63) is 17.5 Å². The average Bonchev–Trinajstić information content (AvgIpc) is 2.69. The van der Waals surface area contributed by atoms with E-state index in [9.17, 15) is 4.79 Å². The summed E-state index contributed by atoms with van der Waals surface area (Å²) in [6, 6.07) is 2.01. The van der Waals surface area contributed by atoms with Crippen LogP contribution < -0.4 is 5.32 Å². The Morgan fingerprint density at radius 3 is 2.58 bits per heavy atom. The van der Waals surface area contributed by atoms with E-state index < -0.39 is 0 Å². The monoisotopic (exact) mass is 264 g/mol. The van der Waals surface area contributed by atoms with Crippen LogP contribution in [0, 0.1) is 12.3 Å². The third kappa shape index (κ3) is 3.15. The molecule has 1 amide bonds. The van der Waals surface area contributed by atoms with Crippen molar-refractivity contribution in [2.75, 3.05) is 20.1 Å². The van der Waals surface area contributed by atoms with E-state index in [4.69, 9.17) is 0 Å². The zero-order valence-electron chi connectivity index (χ0n) is 12.4. The summed E-state index contributed by atoms with van der Waals surface area (Å²) in [5.41, 5.74) is 1.81. The van der Waals surface area contributed by atoms with Crippen LogP contribution in [0.5, 0.6) is 0 Å². The molecule has 0 bridgehead atoms. The van der Waals surface area contributed by atoms with E-state index in [0.717, 1.165) is 37.3 Å². The molecule has 0 radical (unpaired) electrons. The van der Waals surface area contributed by atoms with Crippen molar-refractivity contribution in [3.63, 3.8) is 0 Å². The minimum Gasteiger partial charge on any atom is -0.350 e. The van der Waals surface area contributed by atoms with Gasteiger partial charge in [-0.3, -0.25) is 9.48 Å². The molecule has 0 spiro atoms. The van der Waals surface area contributed by atoms with Crippen LogP contribution in [-0.4, -0.2) is 40.7 Å². The van der Waals surface area contributed by atoms with Crippen LogP contribution in [0.25, 0.3) is 0 Å². The Kier molecular flexibility index (Phi) is 3.94. The maximum atomic E-state index is 12.4. The van der Waals surface area contributed by atoms with Crippen molar-refractivity contribution in [2.45, 2.75) is 33.2 Å². The number of aryl methyl sites for hydroxylation is 2. The third-order valence-electron chi connectivity index (χ3n) is 4.17. The first-order valence-electron chi connectivity index (χ1n) is 6.87. The van der Waals surface area contributed by atoms with Gasteiger partial charge in [0.15, 0.2) is 0 Å². The van der Waals surface area contributed by atoms with E-state index in [-0.39, 0.29) is 11.3 Å². The molecular weight excluding hydrogens is 240 g/mol. The summed E-state index contributed by atoms with van der Waals surface area (Å²) in [5, 5.41) is 7.35. The number of nitrogens with zero attached hydrogens (tertiary/aromatic N) is 3. The smallest absolute Gasteiger partial charge is 0.226 e. The Hall–Kier alpha value is -1.36. The molecule has 2 rings (SSSR count). The largest absolute Gasteiger partial charge is 0.350 e. The SMILES string of the molecule is Cc1cc(CNC(=O)C2(C)CCN(C)CC2)n(C)n1. The maximum absolute atomic E-state index is 12.4. The van der Waals surface area contributed by atoms with Crippen LogP contribution >= 0.6 is 0 Å². The number of aromatic nitrogens is 2. The van der Waals surface area contributed by atoms with E-state index in [0.29, 0.717) is 6.54 Å². The van der Waals surface area contributed by atoms with Crippen molar-refractivity contribution in [1.29, 1.82) is 0 Å². The van der Waals surface area contributed by atoms with Crippen LogP contribution in [0.3, 0.4) is 0 Å². The lowest BCUT2D eigenvalue weighted by Gasteiger charge is -2.36. The molecule has 1 saturated heterocycles. The molecule has 19 heavy (non-hydrogen) atoms. The van der Waals surface area contributed by atoms with E-state index in [1.165, 1.54) is 0 Å². The summed E-state index contributed by atoms with van der Waals surface area (Å²) >= 11 is 0. The van der Waals surface area contributed by atoms with Crippen LogP contribution in [0.1, 0.15) is 31.2 Å². The van der Waals surface area contributed by atoms with Crippen molar-refractivity contribution < 1.29 is 4.79 Å². The molecule has 1 fully saturated rings. The lowest BCUT2D eigenvalue weighted by atomic mass is 9.79. The minimum atomic E-state index is -0.222. The van der Waals surface area contributed by atoms with Crippen molar-refractivity contribution in [1.82, 2.24) is 20.0 Å². The first kappa shape index (κ1) is 14.1. The van der Waals surface area contributed by atoms with Gasteiger partial charge < -0.3 is 10.2 Å². The molecule has 0 unspecified atom stereocenters. The number of hydrogen-bond donors (Lipinski definition) is 1. The van der Waals surface area contributed by atoms with Crippen molar-refractivity contribution in [3.8, 4) is 0 Å². The van der Waals surface area contributed by atoms with Gasteiger partial charge >= 0.3 is 0 Å². The van der Waals surface area contributed by atoms with Gasteiger partial charge in [-0.15, -0.1) is 0 Å². The number of hydrogen-bond acceptors (Lipinski definition) is 3. The van der Waals surface area contributed by atoms with E-state index in [1.807, 2.05) is 24.7 Å². The van der Waals surface area contributed by atoms with Crippen LogP contribution in [0.15, 0.2) is 6.07 Å². The Bertz CT molecular complexity index is 458. The van der Waals surface area contributed by atoms with Crippen molar-refractivity contribution >= 4 is 5.91 Å². The lowest BCUT2D eigenvalue weighted by molar-refractivity contribution is -0.132. The summed E-state index contributed by atoms with van der Waals surface area (Å²) in [5.74, 6) is 0.166.